The van der Waals surface area contributed by atoms with Crippen LogP contribution in [-0.4, -0.2) is 9.97 Å². The summed E-state index contributed by atoms with van der Waals surface area (Å²) in [5.41, 5.74) is 6.08. The van der Waals surface area contributed by atoms with Crippen LogP contribution in [-0.2, 0) is 0 Å². The number of halogens is 2. The maximum atomic E-state index is 5.91. The van der Waals surface area contributed by atoms with Crippen LogP contribution in [0.4, 0.5) is 5.95 Å². The van der Waals surface area contributed by atoms with E-state index in [1.165, 1.54) is 0 Å². The van der Waals surface area contributed by atoms with Crippen LogP contribution in [0.15, 0.2) is 18.2 Å². The monoisotopic (exact) mass is 213 g/mol. The molecule has 0 unspecified atom stereocenters. The van der Waals surface area contributed by atoms with Gasteiger partial charge in [-0.05, 0) is 12.1 Å². The zero-order valence-corrected chi connectivity index (χ0v) is 7.97. The number of nitrogen functional groups attached to an aromatic ring is 1. The summed E-state index contributed by atoms with van der Waals surface area (Å²) in [5, 5.41) is 1.45. The fourth-order valence-electron chi connectivity index (χ4n) is 1.12. The highest BCUT2D eigenvalue weighted by molar-refractivity contribution is 6.41. The Kier molecular flexibility index (Phi) is 1.98. The van der Waals surface area contributed by atoms with Gasteiger partial charge in [0.1, 0.15) is 5.15 Å². The van der Waals surface area contributed by atoms with Crippen LogP contribution >= 0.6 is 23.2 Å². The van der Waals surface area contributed by atoms with Gasteiger partial charge in [0, 0.05) is 0 Å². The smallest absolute Gasteiger partial charge is 0.222 e. The molecule has 0 aliphatic heterocycles. The Hall–Kier alpha value is -1.06. The minimum atomic E-state index is 0.153. The minimum Gasteiger partial charge on any atom is -0.368 e. The van der Waals surface area contributed by atoms with Gasteiger partial charge in [-0.25, -0.2) is 9.97 Å². The fraction of sp³-hybridized carbons (Fsp3) is 0. The summed E-state index contributed by atoms with van der Waals surface area (Å²) < 4.78 is 0. The first-order valence-electron chi connectivity index (χ1n) is 3.56. The summed E-state index contributed by atoms with van der Waals surface area (Å²) in [5.74, 6) is 0.153. The number of benzene rings is 1. The number of aromatic nitrogens is 2. The molecule has 0 spiro atoms. The van der Waals surface area contributed by atoms with E-state index in [0.29, 0.717) is 15.9 Å². The molecule has 0 atom stereocenters. The van der Waals surface area contributed by atoms with Gasteiger partial charge in [-0.1, -0.05) is 29.3 Å². The Morgan fingerprint density at radius 1 is 1.15 bits per heavy atom. The maximum absolute atomic E-state index is 5.91. The van der Waals surface area contributed by atoms with Gasteiger partial charge in [-0.3, -0.25) is 0 Å². The molecule has 0 saturated carbocycles. The molecule has 2 rings (SSSR count). The molecule has 0 saturated heterocycles. The van der Waals surface area contributed by atoms with Crippen molar-refractivity contribution in [3.8, 4) is 0 Å². The van der Waals surface area contributed by atoms with Gasteiger partial charge in [-0.2, -0.15) is 0 Å². The van der Waals surface area contributed by atoms with Crippen molar-refractivity contribution in [2.45, 2.75) is 0 Å². The molecule has 0 amide bonds. The second-order valence-electron chi connectivity index (χ2n) is 2.51. The fourth-order valence-corrected chi connectivity index (χ4v) is 1.71. The van der Waals surface area contributed by atoms with Gasteiger partial charge in [0.15, 0.2) is 0 Å². The first-order valence-corrected chi connectivity index (χ1v) is 4.31. The van der Waals surface area contributed by atoms with Crippen molar-refractivity contribution < 1.29 is 0 Å². The lowest BCUT2D eigenvalue weighted by Gasteiger charge is -2.01. The molecule has 1 aromatic heterocycles. The van der Waals surface area contributed by atoms with E-state index >= 15 is 0 Å². The van der Waals surface area contributed by atoms with Crippen LogP contribution in [0, 0.1) is 0 Å². The standard InChI is InChI=1S/C8H5Cl2N3/c9-4-2-1-3-5-6(4)7(10)13-8(11)12-5/h1-3H,(H2,11,12,13). The zero-order chi connectivity index (χ0) is 9.42. The third kappa shape index (κ3) is 1.41. The zero-order valence-electron chi connectivity index (χ0n) is 6.46. The molecule has 2 aromatic rings. The van der Waals surface area contributed by atoms with E-state index in [4.69, 9.17) is 28.9 Å². The number of fused-ring (bicyclic) bond motifs is 1. The summed E-state index contributed by atoms with van der Waals surface area (Å²) in [4.78, 5) is 7.81. The lowest BCUT2D eigenvalue weighted by molar-refractivity contribution is 1.24. The SMILES string of the molecule is Nc1nc(Cl)c2c(Cl)cccc2n1. The third-order valence-electron chi connectivity index (χ3n) is 1.65. The molecule has 0 radical (unpaired) electrons. The van der Waals surface area contributed by atoms with Crippen LogP contribution in [0.3, 0.4) is 0 Å². The van der Waals surface area contributed by atoms with Gasteiger partial charge in [0.05, 0.1) is 15.9 Å². The summed E-state index contributed by atoms with van der Waals surface area (Å²) in [6.07, 6.45) is 0. The lowest BCUT2D eigenvalue weighted by atomic mass is 10.2. The van der Waals surface area contributed by atoms with E-state index < -0.39 is 0 Å². The third-order valence-corrected chi connectivity index (χ3v) is 2.23. The minimum absolute atomic E-state index is 0.153. The number of nitrogens with zero attached hydrogens (tertiary/aromatic N) is 2. The molecule has 3 nitrogen and oxygen atoms in total. The van der Waals surface area contributed by atoms with E-state index in [9.17, 15) is 0 Å². The van der Waals surface area contributed by atoms with E-state index in [0.717, 1.165) is 0 Å². The highest BCUT2D eigenvalue weighted by Crippen LogP contribution is 2.27. The summed E-state index contributed by atoms with van der Waals surface area (Å²) in [7, 11) is 0. The van der Waals surface area contributed by atoms with Gasteiger partial charge >= 0.3 is 0 Å². The van der Waals surface area contributed by atoms with Crippen molar-refractivity contribution in [3.05, 3.63) is 28.4 Å². The number of nitrogens with two attached hydrogens (primary N) is 1. The predicted octanol–water partition coefficient (Wildman–Crippen LogP) is 2.52. The van der Waals surface area contributed by atoms with Crippen LogP contribution < -0.4 is 5.73 Å². The average molecular weight is 214 g/mol. The summed E-state index contributed by atoms with van der Waals surface area (Å²) in [6.45, 7) is 0. The largest absolute Gasteiger partial charge is 0.368 e. The summed E-state index contributed by atoms with van der Waals surface area (Å²) >= 11 is 11.8. The van der Waals surface area contributed by atoms with Gasteiger partial charge < -0.3 is 5.73 Å². The van der Waals surface area contributed by atoms with Gasteiger partial charge in [0.2, 0.25) is 5.95 Å². The van der Waals surface area contributed by atoms with E-state index in [1.807, 2.05) is 0 Å². The second kappa shape index (κ2) is 3.01. The lowest BCUT2D eigenvalue weighted by Crippen LogP contribution is -1.95. The molecule has 1 aromatic carbocycles. The highest BCUT2D eigenvalue weighted by Gasteiger charge is 2.06. The van der Waals surface area contributed by atoms with Crippen LogP contribution in [0.5, 0.6) is 0 Å². The van der Waals surface area contributed by atoms with Crippen molar-refractivity contribution in [2.24, 2.45) is 0 Å². The van der Waals surface area contributed by atoms with Crippen molar-refractivity contribution in [1.29, 1.82) is 0 Å². The molecule has 66 valence electrons. The molecule has 0 bridgehead atoms. The quantitative estimate of drug-likeness (QED) is 0.685. The normalized spacial score (nSPS) is 10.6. The van der Waals surface area contributed by atoms with Crippen LogP contribution in [0.1, 0.15) is 0 Å². The van der Waals surface area contributed by atoms with Crippen molar-refractivity contribution in [2.75, 3.05) is 5.73 Å². The molecule has 0 aliphatic rings. The Bertz CT molecular complexity index is 470. The van der Waals surface area contributed by atoms with Crippen LogP contribution in [0.2, 0.25) is 10.2 Å². The number of hydrogen-bond donors (Lipinski definition) is 1. The van der Waals surface area contributed by atoms with Crippen molar-refractivity contribution >= 4 is 40.1 Å². The maximum Gasteiger partial charge on any atom is 0.222 e. The molecular weight excluding hydrogens is 209 g/mol. The first-order chi connectivity index (χ1) is 6.18. The molecule has 2 N–H and O–H groups in total. The van der Waals surface area contributed by atoms with Gasteiger partial charge in [-0.15, -0.1) is 0 Å². The average Bonchev–Trinajstić information content (AvgIpc) is 2.02. The Morgan fingerprint density at radius 2 is 1.92 bits per heavy atom. The molecule has 13 heavy (non-hydrogen) atoms. The Balaban J connectivity index is 2.94. The molecule has 0 aliphatic carbocycles. The number of rotatable bonds is 0. The van der Waals surface area contributed by atoms with Crippen molar-refractivity contribution in [1.82, 2.24) is 9.97 Å². The molecule has 5 heteroatoms. The van der Waals surface area contributed by atoms with E-state index in [1.54, 1.807) is 18.2 Å². The van der Waals surface area contributed by atoms with E-state index in [-0.39, 0.29) is 11.1 Å². The highest BCUT2D eigenvalue weighted by atomic mass is 35.5. The van der Waals surface area contributed by atoms with Crippen LogP contribution in [0.25, 0.3) is 10.9 Å². The molecule has 0 fully saturated rings. The summed E-state index contributed by atoms with van der Waals surface area (Å²) in [6, 6.07) is 5.30. The predicted molar refractivity (Wildman–Crippen MR) is 54.0 cm³/mol. The molecular formula is C8H5Cl2N3. The van der Waals surface area contributed by atoms with Crippen molar-refractivity contribution in [3.63, 3.8) is 0 Å². The second-order valence-corrected chi connectivity index (χ2v) is 3.27. The topological polar surface area (TPSA) is 51.8 Å². The van der Waals surface area contributed by atoms with E-state index in [2.05, 4.69) is 9.97 Å². The Morgan fingerprint density at radius 3 is 2.69 bits per heavy atom. The molecule has 1 heterocycles. The number of hydrogen-bond acceptors (Lipinski definition) is 3. The van der Waals surface area contributed by atoms with Gasteiger partial charge in [0.25, 0.3) is 0 Å². The first kappa shape index (κ1) is 8.53. The Labute approximate surface area is 84.5 Å². The number of anilines is 1.